The van der Waals surface area contributed by atoms with Gasteiger partial charge in [-0.2, -0.15) is 4.74 Å². The zero-order valence-corrected chi connectivity index (χ0v) is 11.3. The Hall–Kier alpha value is -2.33. The Labute approximate surface area is 120 Å². The van der Waals surface area contributed by atoms with E-state index in [1.54, 1.807) is 42.5 Å². The van der Waals surface area contributed by atoms with Gasteiger partial charge in [0.05, 0.1) is 12.7 Å². The number of hydrogen-bond acceptors (Lipinski definition) is 3. The highest BCUT2D eigenvalue weighted by atomic mass is 35.5. The molecule has 5 heteroatoms. The largest absolute Gasteiger partial charge is 0.618 e. The summed E-state index contributed by atoms with van der Waals surface area (Å²) in [4.78, 5) is 12.5. The Morgan fingerprint density at radius 2 is 1.95 bits per heavy atom. The van der Waals surface area contributed by atoms with E-state index in [1.807, 2.05) is 0 Å². The highest BCUT2D eigenvalue weighted by molar-refractivity contribution is 6.52. The van der Waals surface area contributed by atoms with E-state index in [-0.39, 0.29) is 11.5 Å². The molecule has 0 N–H and O–H groups in total. The molecule has 0 amide bonds. The average Bonchev–Trinajstić information content (AvgIpc) is 2.71. The molecule has 0 radical (unpaired) electrons. The van der Waals surface area contributed by atoms with E-state index < -0.39 is 0 Å². The minimum absolute atomic E-state index is 0.0620. The summed E-state index contributed by atoms with van der Waals surface area (Å²) in [6, 6.07) is 11.6. The van der Waals surface area contributed by atoms with Crippen LogP contribution >= 0.6 is 11.6 Å². The van der Waals surface area contributed by atoms with E-state index in [2.05, 4.69) is 0 Å². The van der Waals surface area contributed by atoms with Crippen LogP contribution in [0.2, 0.25) is 5.02 Å². The maximum absolute atomic E-state index is 12.5. The van der Waals surface area contributed by atoms with Gasteiger partial charge in [-0.1, -0.05) is 23.7 Å². The molecule has 20 heavy (non-hydrogen) atoms. The van der Waals surface area contributed by atoms with Crippen molar-refractivity contribution in [2.45, 2.75) is 0 Å². The molecule has 0 unspecified atom stereocenters. The lowest BCUT2D eigenvalue weighted by atomic mass is 10.0. The number of methoxy groups -OCH3 is 1. The number of hydrogen-bond donors (Lipinski definition) is 0. The molecule has 0 aromatic heterocycles. The lowest BCUT2D eigenvalue weighted by Crippen LogP contribution is -2.16. The number of Topliss-reactive ketones (excluding diaryl/α,β-unsaturated/α-hetero) is 1. The summed E-state index contributed by atoms with van der Waals surface area (Å²) < 4.78 is 5.79. The fourth-order valence-corrected chi connectivity index (χ4v) is 2.49. The van der Waals surface area contributed by atoms with Crippen molar-refractivity contribution in [3.63, 3.8) is 0 Å². The molecule has 2 aromatic rings. The normalized spacial score (nSPS) is 13.6. The Bertz CT molecular complexity index is 753. The summed E-state index contributed by atoms with van der Waals surface area (Å²) in [5.41, 5.74) is 1.15. The van der Waals surface area contributed by atoms with E-state index in [0.29, 0.717) is 32.3 Å². The molecule has 3 rings (SSSR count). The van der Waals surface area contributed by atoms with Gasteiger partial charge in [-0.05, 0) is 24.3 Å². The van der Waals surface area contributed by atoms with Gasteiger partial charge >= 0.3 is 0 Å². The molecule has 100 valence electrons. The number of halogens is 1. The van der Waals surface area contributed by atoms with Gasteiger partial charge in [-0.25, -0.2) is 0 Å². The molecule has 2 aromatic carbocycles. The van der Waals surface area contributed by atoms with Crippen molar-refractivity contribution in [1.82, 2.24) is 0 Å². The van der Waals surface area contributed by atoms with Gasteiger partial charge < -0.3 is 9.94 Å². The van der Waals surface area contributed by atoms with Crippen molar-refractivity contribution in [1.29, 1.82) is 0 Å². The molecule has 0 aliphatic carbocycles. The summed E-state index contributed by atoms with van der Waals surface area (Å²) >= 11 is 5.92. The summed E-state index contributed by atoms with van der Waals surface area (Å²) in [7, 11) is 1.47. The van der Waals surface area contributed by atoms with Crippen LogP contribution in [0.25, 0.3) is 0 Å². The van der Waals surface area contributed by atoms with E-state index in [9.17, 15) is 10.0 Å². The topological polar surface area (TPSA) is 52.4 Å². The van der Waals surface area contributed by atoms with Crippen molar-refractivity contribution < 1.29 is 14.3 Å². The zero-order chi connectivity index (χ0) is 14.3. The number of fused-ring (bicyclic) bond motifs is 1. The van der Waals surface area contributed by atoms with Crippen LogP contribution in [-0.4, -0.2) is 23.3 Å². The van der Waals surface area contributed by atoms with E-state index in [0.717, 1.165) is 0 Å². The SMILES string of the molecule is COc1cccc2c1C(=O)C(c1cccc(Cl)c1)=[N+]2[O-]. The lowest BCUT2D eigenvalue weighted by molar-refractivity contribution is -0.355. The number of carbonyl (C=O) groups is 1. The Morgan fingerprint density at radius 1 is 1.20 bits per heavy atom. The maximum Gasteiger partial charge on any atom is 0.273 e. The molecule has 0 saturated carbocycles. The van der Waals surface area contributed by atoms with Crippen molar-refractivity contribution >= 4 is 28.8 Å². The van der Waals surface area contributed by atoms with Crippen molar-refractivity contribution in [3.05, 3.63) is 63.8 Å². The molecule has 4 nitrogen and oxygen atoms in total. The van der Waals surface area contributed by atoms with Gasteiger partial charge in [0.2, 0.25) is 5.69 Å². The third-order valence-corrected chi connectivity index (χ3v) is 3.42. The number of ether oxygens (including phenoxy) is 1. The van der Waals surface area contributed by atoms with Crippen molar-refractivity contribution in [3.8, 4) is 5.75 Å². The number of carbonyl (C=O) groups excluding carboxylic acids is 1. The van der Waals surface area contributed by atoms with Crippen LogP contribution in [0.5, 0.6) is 5.75 Å². The molecule has 0 bridgehead atoms. The standard InChI is InChI=1S/C15H10ClNO3/c1-20-12-7-3-6-11-13(12)15(18)14(17(11)19)9-4-2-5-10(16)8-9/h2-8H,1H3. The maximum atomic E-state index is 12.5. The highest BCUT2D eigenvalue weighted by Crippen LogP contribution is 2.34. The van der Waals surface area contributed by atoms with E-state index in [4.69, 9.17) is 16.3 Å². The second-order valence-electron chi connectivity index (χ2n) is 4.34. The molecule has 1 heterocycles. The van der Waals surface area contributed by atoms with Crippen LogP contribution in [0.3, 0.4) is 0 Å². The van der Waals surface area contributed by atoms with Crippen molar-refractivity contribution in [2.24, 2.45) is 0 Å². The minimum Gasteiger partial charge on any atom is -0.618 e. The monoisotopic (exact) mass is 287 g/mol. The van der Waals surface area contributed by atoms with Gasteiger partial charge in [0, 0.05) is 11.1 Å². The summed E-state index contributed by atoms with van der Waals surface area (Å²) in [6.07, 6.45) is 0. The van der Waals surface area contributed by atoms with Crippen LogP contribution < -0.4 is 4.74 Å². The molecular weight excluding hydrogens is 278 g/mol. The van der Waals surface area contributed by atoms with Gasteiger partial charge in [-0.15, -0.1) is 0 Å². The minimum atomic E-state index is -0.352. The van der Waals surface area contributed by atoms with Gasteiger partial charge in [-0.3, -0.25) is 4.79 Å². The van der Waals surface area contributed by atoms with Gasteiger partial charge in [0.25, 0.3) is 11.5 Å². The van der Waals surface area contributed by atoms with Gasteiger partial charge in [0.1, 0.15) is 11.3 Å². The van der Waals surface area contributed by atoms with E-state index in [1.165, 1.54) is 7.11 Å². The van der Waals surface area contributed by atoms with Crippen molar-refractivity contribution in [2.75, 3.05) is 7.11 Å². The molecule has 0 saturated heterocycles. The van der Waals surface area contributed by atoms with Crippen LogP contribution in [0, 0.1) is 5.21 Å². The molecule has 1 aliphatic rings. The van der Waals surface area contributed by atoms with Crippen LogP contribution in [0.15, 0.2) is 42.5 Å². The summed E-state index contributed by atoms with van der Waals surface area (Å²) in [5.74, 6) is 0.0418. The average molecular weight is 288 g/mol. The Balaban J connectivity index is 2.21. The second-order valence-corrected chi connectivity index (χ2v) is 4.77. The van der Waals surface area contributed by atoms with Crippen LogP contribution in [0.1, 0.15) is 15.9 Å². The number of rotatable bonds is 2. The first kappa shape index (κ1) is 12.7. The highest BCUT2D eigenvalue weighted by Gasteiger charge is 2.39. The smallest absolute Gasteiger partial charge is 0.273 e. The third-order valence-electron chi connectivity index (χ3n) is 3.19. The molecule has 0 atom stereocenters. The molecule has 1 aliphatic heterocycles. The first-order chi connectivity index (χ1) is 9.63. The Morgan fingerprint density at radius 3 is 2.65 bits per heavy atom. The number of nitrogens with zero attached hydrogens (tertiary/aromatic N) is 1. The Kier molecular flexibility index (Phi) is 2.95. The quantitative estimate of drug-likeness (QED) is 0.630. The zero-order valence-electron chi connectivity index (χ0n) is 10.6. The summed E-state index contributed by atoms with van der Waals surface area (Å²) in [6.45, 7) is 0. The first-order valence-electron chi connectivity index (χ1n) is 5.95. The molecule has 0 fully saturated rings. The first-order valence-corrected chi connectivity index (χ1v) is 6.33. The second kappa shape index (κ2) is 4.65. The predicted octanol–water partition coefficient (Wildman–Crippen LogP) is 3.18. The van der Waals surface area contributed by atoms with E-state index >= 15 is 0 Å². The number of ketones is 1. The number of benzene rings is 2. The molecule has 0 spiro atoms. The summed E-state index contributed by atoms with van der Waals surface area (Å²) in [5, 5.41) is 12.8. The van der Waals surface area contributed by atoms with Crippen LogP contribution in [-0.2, 0) is 0 Å². The van der Waals surface area contributed by atoms with Gasteiger partial charge in [0.15, 0.2) is 0 Å². The third kappa shape index (κ3) is 1.77. The lowest BCUT2D eigenvalue weighted by Gasteiger charge is -2.03. The predicted molar refractivity (Wildman–Crippen MR) is 76.2 cm³/mol. The molecular formula is C15H10ClNO3. The fourth-order valence-electron chi connectivity index (χ4n) is 2.30. The fraction of sp³-hybridized carbons (Fsp3) is 0.0667. The van der Waals surface area contributed by atoms with Crippen LogP contribution in [0.4, 0.5) is 5.69 Å².